The van der Waals surface area contributed by atoms with Crippen molar-refractivity contribution >= 4 is 46.3 Å². The van der Waals surface area contributed by atoms with Crippen LogP contribution in [0, 0.1) is 0 Å². The smallest absolute Gasteiger partial charge is 0.258 e. The van der Waals surface area contributed by atoms with Crippen LogP contribution in [0.2, 0.25) is 10.0 Å². The summed E-state index contributed by atoms with van der Waals surface area (Å²) in [6.07, 6.45) is 0. The second-order valence-electron chi connectivity index (χ2n) is 6.50. The Balaban J connectivity index is 2.37. The van der Waals surface area contributed by atoms with Gasteiger partial charge in [-0.3, -0.25) is 9.59 Å². The molecular weight excluding hydrogens is 473 g/mol. The Morgan fingerprint density at radius 1 is 1.00 bits per heavy atom. The van der Waals surface area contributed by atoms with Crippen molar-refractivity contribution in [2.24, 2.45) is 10.2 Å². The van der Waals surface area contributed by atoms with Crippen LogP contribution in [0.25, 0.3) is 0 Å². The number of hydrogen-bond acceptors (Lipinski definition) is 8. The predicted octanol–water partition coefficient (Wildman–Crippen LogP) is 5.49. The molecule has 0 aliphatic carbocycles. The number of amides is 1. The third kappa shape index (κ3) is 6.49. The number of nitrogens with zero attached hydrogens (tertiary/aromatic N) is 2. The second-order valence-corrected chi connectivity index (χ2v) is 7.28. The van der Waals surface area contributed by atoms with Gasteiger partial charge >= 0.3 is 0 Å². The molecule has 1 N–H and O–H groups in total. The van der Waals surface area contributed by atoms with Gasteiger partial charge in [-0.1, -0.05) is 23.2 Å². The lowest BCUT2D eigenvalue weighted by atomic mass is 10.2. The van der Waals surface area contributed by atoms with Gasteiger partial charge in [0.15, 0.2) is 11.5 Å². The first-order valence-corrected chi connectivity index (χ1v) is 10.7. The molecule has 0 saturated carbocycles. The maximum absolute atomic E-state index is 12.9. The molecule has 2 aromatic carbocycles. The topological polar surface area (TPSA) is 108 Å². The molecule has 0 heterocycles. The van der Waals surface area contributed by atoms with Gasteiger partial charge in [0.05, 0.1) is 38.1 Å². The zero-order valence-corrected chi connectivity index (χ0v) is 20.4. The molecule has 0 bridgehead atoms. The Kier molecular flexibility index (Phi) is 9.74. The van der Waals surface area contributed by atoms with Gasteiger partial charge in [-0.15, -0.1) is 0 Å². The van der Waals surface area contributed by atoms with E-state index in [0.29, 0.717) is 35.5 Å². The maximum atomic E-state index is 12.9. The molecule has 1 unspecified atom stereocenters. The molecule has 1 atom stereocenters. The highest BCUT2D eigenvalue weighted by atomic mass is 35.5. The summed E-state index contributed by atoms with van der Waals surface area (Å²) in [5.74, 6) is 0.0143. The molecule has 11 heteroatoms. The molecule has 178 valence electrons. The summed E-state index contributed by atoms with van der Waals surface area (Å²) in [7, 11) is 2.85. The summed E-state index contributed by atoms with van der Waals surface area (Å²) in [4.78, 5) is 25.0. The number of nitrogens with one attached hydrogen (secondary N) is 1. The zero-order valence-electron chi connectivity index (χ0n) is 18.9. The quantitative estimate of drug-likeness (QED) is 0.324. The number of halogens is 2. The lowest BCUT2D eigenvalue weighted by Gasteiger charge is -2.15. The lowest BCUT2D eigenvalue weighted by Crippen LogP contribution is -2.32. The highest BCUT2D eigenvalue weighted by Crippen LogP contribution is 2.40. The molecule has 0 aliphatic rings. The van der Waals surface area contributed by atoms with E-state index in [9.17, 15) is 9.59 Å². The Bertz CT molecular complexity index is 1050. The summed E-state index contributed by atoms with van der Waals surface area (Å²) in [5.41, 5.74) is 0.503. The average Bonchev–Trinajstić information content (AvgIpc) is 2.77. The highest BCUT2D eigenvalue weighted by Gasteiger charge is 2.25. The van der Waals surface area contributed by atoms with Crippen molar-refractivity contribution in [2.75, 3.05) is 32.8 Å². The fourth-order valence-electron chi connectivity index (χ4n) is 2.77. The summed E-state index contributed by atoms with van der Waals surface area (Å²) in [6, 6.07) is 4.73. The molecule has 0 fully saturated rings. The largest absolute Gasteiger partial charge is 0.495 e. The molecule has 2 rings (SSSR count). The van der Waals surface area contributed by atoms with Crippen LogP contribution in [0.3, 0.4) is 0 Å². The molecule has 2 aromatic rings. The van der Waals surface area contributed by atoms with Crippen molar-refractivity contribution in [3.05, 3.63) is 34.3 Å². The summed E-state index contributed by atoms with van der Waals surface area (Å²) >= 11 is 12.4. The van der Waals surface area contributed by atoms with Crippen LogP contribution in [0.5, 0.6) is 23.0 Å². The SMILES string of the molecule is CCOc1cc(N=NC(C(C)=O)C(=O)Nc2ccc(OC)c(Cl)c2OC)c(OCC)cc1Cl. The fraction of sp³-hybridized carbons (Fsp3) is 0.364. The minimum absolute atomic E-state index is 0.171. The van der Waals surface area contributed by atoms with E-state index in [4.69, 9.17) is 42.1 Å². The number of rotatable bonds is 11. The van der Waals surface area contributed by atoms with Gasteiger partial charge in [0.2, 0.25) is 6.04 Å². The first kappa shape index (κ1) is 26.2. The number of azo groups is 1. The van der Waals surface area contributed by atoms with E-state index < -0.39 is 17.7 Å². The maximum Gasteiger partial charge on any atom is 0.258 e. The van der Waals surface area contributed by atoms with Crippen molar-refractivity contribution in [1.82, 2.24) is 0 Å². The van der Waals surface area contributed by atoms with Crippen LogP contribution in [-0.4, -0.2) is 45.2 Å². The highest BCUT2D eigenvalue weighted by molar-refractivity contribution is 6.34. The molecule has 0 radical (unpaired) electrons. The summed E-state index contributed by atoms with van der Waals surface area (Å²) in [6.45, 7) is 5.57. The van der Waals surface area contributed by atoms with Crippen molar-refractivity contribution in [1.29, 1.82) is 0 Å². The number of benzene rings is 2. The van der Waals surface area contributed by atoms with E-state index in [-0.39, 0.29) is 22.1 Å². The van der Waals surface area contributed by atoms with Crippen LogP contribution in [0.15, 0.2) is 34.5 Å². The van der Waals surface area contributed by atoms with Crippen LogP contribution in [0.4, 0.5) is 11.4 Å². The van der Waals surface area contributed by atoms with E-state index >= 15 is 0 Å². The molecule has 9 nitrogen and oxygen atoms in total. The summed E-state index contributed by atoms with van der Waals surface area (Å²) in [5, 5.41) is 11.1. The molecule has 0 aliphatic heterocycles. The number of hydrogen-bond donors (Lipinski definition) is 1. The lowest BCUT2D eigenvalue weighted by molar-refractivity contribution is -0.126. The van der Waals surface area contributed by atoms with Crippen LogP contribution >= 0.6 is 23.2 Å². The minimum Gasteiger partial charge on any atom is -0.495 e. The Morgan fingerprint density at radius 2 is 1.67 bits per heavy atom. The number of ether oxygens (including phenoxy) is 4. The third-order valence-corrected chi connectivity index (χ3v) is 4.92. The molecule has 0 spiro atoms. The number of methoxy groups -OCH3 is 2. The molecular formula is C22H25Cl2N3O6. The van der Waals surface area contributed by atoms with Crippen LogP contribution < -0.4 is 24.3 Å². The number of carbonyl (C=O) groups excluding carboxylic acids is 2. The van der Waals surface area contributed by atoms with E-state index in [1.807, 2.05) is 6.92 Å². The third-order valence-electron chi connectivity index (χ3n) is 4.27. The van der Waals surface area contributed by atoms with Crippen molar-refractivity contribution in [2.45, 2.75) is 26.8 Å². The number of carbonyl (C=O) groups is 2. The van der Waals surface area contributed by atoms with Gasteiger partial charge < -0.3 is 24.3 Å². The van der Waals surface area contributed by atoms with Gasteiger partial charge in [0, 0.05) is 12.1 Å². The predicted molar refractivity (Wildman–Crippen MR) is 126 cm³/mol. The number of ketones is 1. The van der Waals surface area contributed by atoms with Gasteiger partial charge in [0.1, 0.15) is 28.0 Å². The average molecular weight is 498 g/mol. The standard InChI is InChI=1S/C22H25Cl2N3O6/c1-6-32-17-11-15(18(33-7-2)10-13(17)23)26-27-20(12(3)28)22(29)25-14-8-9-16(30-4)19(24)21(14)31-5/h8-11,20H,6-7H2,1-5H3,(H,25,29). The van der Waals surface area contributed by atoms with Gasteiger partial charge in [-0.2, -0.15) is 10.2 Å². The van der Waals surface area contributed by atoms with E-state index in [1.165, 1.54) is 39.3 Å². The first-order chi connectivity index (χ1) is 15.8. The van der Waals surface area contributed by atoms with E-state index in [1.54, 1.807) is 13.0 Å². The first-order valence-electron chi connectivity index (χ1n) is 9.99. The zero-order chi connectivity index (χ0) is 24.5. The molecule has 1 amide bonds. The Hall–Kier alpha value is -3.04. The van der Waals surface area contributed by atoms with Crippen molar-refractivity contribution < 1.29 is 28.5 Å². The Labute approximate surface area is 202 Å². The minimum atomic E-state index is -1.43. The molecule has 0 saturated heterocycles. The van der Waals surface area contributed by atoms with E-state index in [0.717, 1.165) is 0 Å². The monoisotopic (exact) mass is 497 g/mol. The van der Waals surface area contributed by atoms with E-state index in [2.05, 4.69) is 15.5 Å². The second kappa shape index (κ2) is 12.3. The van der Waals surface area contributed by atoms with Gasteiger partial charge in [-0.05, 0) is 32.9 Å². The van der Waals surface area contributed by atoms with Crippen molar-refractivity contribution in [3.63, 3.8) is 0 Å². The van der Waals surface area contributed by atoms with Crippen LogP contribution in [-0.2, 0) is 9.59 Å². The van der Waals surface area contributed by atoms with Crippen molar-refractivity contribution in [3.8, 4) is 23.0 Å². The van der Waals surface area contributed by atoms with Gasteiger partial charge in [0.25, 0.3) is 5.91 Å². The Morgan fingerprint density at radius 3 is 2.24 bits per heavy atom. The number of Topliss-reactive ketones (excluding diaryl/α,β-unsaturated/α-hetero) is 1. The van der Waals surface area contributed by atoms with Gasteiger partial charge in [-0.25, -0.2) is 0 Å². The molecule has 33 heavy (non-hydrogen) atoms. The summed E-state index contributed by atoms with van der Waals surface area (Å²) < 4.78 is 21.4. The normalized spacial score (nSPS) is 11.7. The number of anilines is 1. The fourth-order valence-corrected chi connectivity index (χ4v) is 3.30. The molecule has 0 aromatic heterocycles. The van der Waals surface area contributed by atoms with Crippen LogP contribution in [0.1, 0.15) is 20.8 Å².